The van der Waals surface area contributed by atoms with Gasteiger partial charge in [0.2, 0.25) is 5.95 Å². The fourth-order valence-corrected chi connectivity index (χ4v) is 2.29. The summed E-state index contributed by atoms with van der Waals surface area (Å²) in [6, 6.07) is 9.66. The van der Waals surface area contributed by atoms with Crippen molar-refractivity contribution in [3.63, 3.8) is 0 Å². The van der Waals surface area contributed by atoms with E-state index >= 15 is 0 Å². The molecule has 0 bridgehead atoms. The van der Waals surface area contributed by atoms with E-state index in [1.54, 1.807) is 36.7 Å². The number of carbonyl (C=O) groups is 1. The Labute approximate surface area is 142 Å². The fraction of sp³-hybridized carbons (Fsp3) is 0.111. The molecule has 5 nitrogen and oxygen atoms in total. The summed E-state index contributed by atoms with van der Waals surface area (Å²) in [6.45, 7) is 2.31. The van der Waals surface area contributed by atoms with Gasteiger partial charge in [-0.3, -0.25) is 9.69 Å². The van der Waals surface area contributed by atoms with Crippen LogP contribution in [0.15, 0.2) is 54.9 Å². The lowest BCUT2D eigenvalue weighted by Crippen LogP contribution is -2.31. The zero-order valence-corrected chi connectivity index (χ0v) is 13.4. The van der Waals surface area contributed by atoms with Gasteiger partial charge in [-0.05, 0) is 43.3 Å². The number of hydrogen-bond donors (Lipinski definition) is 1. The number of hydrogen-bond acceptors (Lipinski definition) is 3. The number of nitrogens with one attached hydrogen (secondary N) is 1. The van der Waals surface area contributed by atoms with Crippen LogP contribution in [0.1, 0.15) is 17.3 Å². The Morgan fingerprint density at radius 1 is 1.12 bits per heavy atom. The van der Waals surface area contributed by atoms with Crippen molar-refractivity contribution in [2.45, 2.75) is 6.92 Å². The summed E-state index contributed by atoms with van der Waals surface area (Å²) in [7, 11) is 0. The molecular formula is C18H15F2N3O2. The SMILES string of the molecule is CCN(C(=O)c1ccc(Oc2ccc(F)c(F)c2)cc1)c1ncc[nH]1. The summed E-state index contributed by atoms with van der Waals surface area (Å²) < 4.78 is 31.6. The maximum atomic E-state index is 13.2. The minimum Gasteiger partial charge on any atom is -0.457 e. The van der Waals surface area contributed by atoms with Gasteiger partial charge in [0.25, 0.3) is 5.91 Å². The van der Waals surface area contributed by atoms with E-state index in [0.29, 0.717) is 23.8 Å². The monoisotopic (exact) mass is 343 g/mol. The molecule has 0 unspecified atom stereocenters. The van der Waals surface area contributed by atoms with Crippen LogP contribution < -0.4 is 9.64 Å². The lowest BCUT2D eigenvalue weighted by atomic mass is 10.2. The summed E-state index contributed by atoms with van der Waals surface area (Å²) in [5.74, 6) is -1.09. The average Bonchev–Trinajstić information content (AvgIpc) is 3.14. The molecule has 2 aromatic carbocycles. The molecule has 1 heterocycles. The van der Waals surface area contributed by atoms with Gasteiger partial charge < -0.3 is 9.72 Å². The third kappa shape index (κ3) is 3.65. The molecule has 1 aromatic heterocycles. The zero-order chi connectivity index (χ0) is 17.8. The van der Waals surface area contributed by atoms with Crippen LogP contribution in [0.5, 0.6) is 11.5 Å². The first-order valence-electron chi connectivity index (χ1n) is 7.62. The zero-order valence-electron chi connectivity index (χ0n) is 13.4. The highest BCUT2D eigenvalue weighted by Crippen LogP contribution is 2.24. The summed E-state index contributed by atoms with van der Waals surface area (Å²) >= 11 is 0. The molecule has 0 saturated heterocycles. The number of imidazole rings is 1. The molecule has 0 spiro atoms. The van der Waals surface area contributed by atoms with Crippen molar-refractivity contribution in [2.75, 3.05) is 11.4 Å². The number of amides is 1. The van der Waals surface area contributed by atoms with E-state index in [1.165, 1.54) is 11.0 Å². The Kier molecular flexibility index (Phi) is 4.74. The normalized spacial score (nSPS) is 10.5. The molecule has 3 rings (SSSR count). The number of carbonyl (C=O) groups excluding carboxylic acids is 1. The van der Waals surface area contributed by atoms with Crippen molar-refractivity contribution in [1.82, 2.24) is 9.97 Å². The highest BCUT2D eigenvalue weighted by atomic mass is 19.2. The van der Waals surface area contributed by atoms with Crippen LogP contribution in [0, 0.1) is 11.6 Å². The molecule has 1 N–H and O–H groups in total. The Morgan fingerprint density at radius 3 is 2.44 bits per heavy atom. The molecule has 0 atom stereocenters. The number of aromatic amines is 1. The fourth-order valence-electron chi connectivity index (χ4n) is 2.29. The lowest BCUT2D eigenvalue weighted by Gasteiger charge is -2.18. The Balaban J connectivity index is 1.75. The quantitative estimate of drug-likeness (QED) is 0.757. The van der Waals surface area contributed by atoms with Crippen molar-refractivity contribution in [1.29, 1.82) is 0 Å². The van der Waals surface area contributed by atoms with Crippen molar-refractivity contribution in [2.24, 2.45) is 0 Å². The number of benzene rings is 2. The van der Waals surface area contributed by atoms with E-state index in [9.17, 15) is 13.6 Å². The van der Waals surface area contributed by atoms with Gasteiger partial charge in [0.15, 0.2) is 11.6 Å². The molecule has 0 radical (unpaired) electrons. The number of anilines is 1. The highest BCUT2D eigenvalue weighted by Gasteiger charge is 2.17. The Hall–Kier alpha value is -3.22. The third-order valence-corrected chi connectivity index (χ3v) is 3.53. The molecule has 0 fully saturated rings. The molecule has 7 heteroatoms. The topological polar surface area (TPSA) is 58.2 Å². The van der Waals surface area contributed by atoms with Crippen LogP contribution in [0.25, 0.3) is 0 Å². The summed E-state index contributed by atoms with van der Waals surface area (Å²) in [5.41, 5.74) is 0.455. The minimum absolute atomic E-state index is 0.170. The first kappa shape index (κ1) is 16.6. The van der Waals surface area contributed by atoms with Gasteiger partial charge in [0.1, 0.15) is 11.5 Å². The van der Waals surface area contributed by atoms with E-state index in [-0.39, 0.29) is 11.7 Å². The molecular weight excluding hydrogens is 328 g/mol. The Morgan fingerprint density at radius 2 is 1.84 bits per heavy atom. The predicted molar refractivity (Wildman–Crippen MR) is 88.8 cm³/mol. The summed E-state index contributed by atoms with van der Waals surface area (Å²) in [5, 5.41) is 0. The van der Waals surface area contributed by atoms with Gasteiger partial charge in [-0.1, -0.05) is 0 Å². The van der Waals surface area contributed by atoms with Crippen molar-refractivity contribution in [3.05, 3.63) is 72.1 Å². The first-order valence-corrected chi connectivity index (χ1v) is 7.62. The van der Waals surface area contributed by atoms with Gasteiger partial charge >= 0.3 is 0 Å². The van der Waals surface area contributed by atoms with Gasteiger partial charge in [0.05, 0.1) is 0 Å². The second-order valence-electron chi connectivity index (χ2n) is 5.16. The molecule has 0 saturated carbocycles. The van der Waals surface area contributed by atoms with Crippen molar-refractivity contribution < 1.29 is 18.3 Å². The van der Waals surface area contributed by atoms with Gasteiger partial charge in [0, 0.05) is 30.6 Å². The smallest absolute Gasteiger partial charge is 0.260 e. The largest absolute Gasteiger partial charge is 0.457 e. The van der Waals surface area contributed by atoms with Crippen LogP contribution >= 0.6 is 0 Å². The molecule has 25 heavy (non-hydrogen) atoms. The highest BCUT2D eigenvalue weighted by molar-refractivity contribution is 6.05. The maximum absolute atomic E-state index is 13.2. The van der Waals surface area contributed by atoms with Crippen LogP contribution in [-0.4, -0.2) is 22.4 Å². The van der Waals surface area contributed by atoms with Crippen LogP contribution in [0.3, 0.4) is 0 Å². The van der Waals surface area contributed by atoms with E-state index in [0.717, 1.165) is 12.1 Å². The maximum Gasteiger partial charge on any atom is 0.260 e. The van der Waals surface area contributed by atoms with Gasteiger partial charge in [-0.2, -0.15) is 0 Å². The summed E-state index contributed by atoms with van der Waals surface area (Å²) in [6.07, 6.45) is 3.22. The van der Waals surface area contributed by atoms with Crippen LogP contribution in [0.4, 0.5) is 14.7 Å². The van der Waals surface area contributed by atoms with Gasteiger partial charge in [-0.15, -0.1) is 0 Å². The van der Waals surface area contributed by atoms with Crippen molar-refractivity contribution >= 4 is 11.9 Å². The van der Waals surface area contributed by atoms with Crippen LogP contribution in [-0.2, 0) is 0 Å². The van der Waals surface area contributed by atoms with Crippen molar-refractivity contribution in [3.8, 4) is 11.5 Å². The molecule has 128 valence electrons. The molecule has 0 aliphatic carbocycles. The first-order chi connectivity index (χ1) is 12.1. The second kappa shape index (κ2) is 7.12. The van der Waals surface area contributed by atoms with E-state index in [4.69, 9.17) is 4.74 Å². The lowest BCUT2D eigenvalue weighted by molar-refractivity contribution is 0.0987. The third-order valence-electron chi connectivity index (χ3n) is 3.53. The Bertz CT molecular complexity index is 865. The molecule has 0 aliphatic rings. The predicted octanol–water partition coefficient (Wildman–Crippen LogP) is 4.15. The molecule has 0 aliphatic heterocycles. The number of nitrogens with zero attached hydrogens (tertiary/aromatic N) is 2. The molecule has 3 aromatic rings. The van der Waals surface area contributed by atoms with Gasteiger partial charge in [-0.25, -0.2) is 13.8 Å². The number of halogens is 2. The van der Waals surface area contributed by atoms with Crippen LogP contribution in [0.2, 0.25) is 0 Å². The minimum atomic E-state index is -0.985. The molecule has 1 amide bonds. The standard InChI is InChI=1S/C18H15F2N3O2/c1-2-23(18-21-9-10-22-18)17(24)12-3-5-13(6-4-12)25-14-7-8-15(19)16(20)11-14/h3-11H,2H2,1H3,(H,21,22). The summed E-state index contributed by atoms with van der Waals surface area (Å²) in [4.78, 5) is 21.0. The number of aromatic nitrogens is 2. The van der Waals surface area contributed by atoms with E-state index < -0.39 is 11.6 Å². The van der Waals surface area contributed by atoms with E-state index in [2.05, 4.69) is 9.97 Å². The number of H-pyrrole nitrogens is 1. The van der Waals surface area contributed by atoms with E-state index in [1.807, 2.05) is 6.92 Å². The average molecular weight is 343 g/mol. The second-order valence-corrected chi connectivity index (χ2v) is 5.16. The number of ether oxygens (including phenoxy) is 1. The number of rotatable bonds is 5.